The van der Waals surface area contributed by atoms with E-state index in [0.717, 1.165) is 10.9 Å². The SMILES string of the molecule is O=c1cc(C[NH+]2CCN(S(=O)(=O)c3ccc4c(c3)OCCO4)CC2)c2ccc(O)cc2o1. The van der Waals surface area contributed by atoms with E-state index in [-0.39, 0.29) is 10.6 Å². The van der Waals surface area contributed by atoms with Crippen LogP contribution in [0.25, 0.3) is 11.0 Å². The summed E-state index contributed by atoms with van der Waals surface area (Å²) >= 11 is 0. The van der Waals surface area contributed by atoms with Gasteiger partial charge in [0.15, 0.2) is 11.5 Å². The van der Waals surface area contributed by atoms with Gasteiger partial charge < -0.3 is 23.9 Å². The Morgan fingerprint density at radius 2 is 1.72 bits per heavy atom. The Balaban J connectivity index is 1.30. The molecule has 2 aliphatic rings. The van der Waals surface area contributed by atoms with Crippen LogP contribution in [0.2, 0.25) is 0 Å². The lowest BCUT2D eigenvalue weighted by Crippen LogP contribution is -3.13. The average molecular weight is 460 g/mol. The highest BCUT2D eigenvalue weighted by Gasteiger charge is 2.31. The highest BCUT2D eigenvalue weighted by atomic mass is 32.2. The maximum Gasteiger partial charge on any atom is 0.336 e. The Morgan fingerprint density at radius 1 is 0.969 bits per heavy atom. The van der Waals surface area contributed by atoms with E-state index in [9.17, 15) is 18.3 Å². The van der Waals surface area contributed by atoms with Crippen molar-refractivity contribution >= 4 is 21.0 Å². The number of ether oxygens (including phenoxy) is 2. The van der Waals surface area contributed by atoms with E-state index in [2.05, 4.69) is 0 Å². The van der Waals surface area contributed by atoms with Crippen molar-refractivity contribution in [3.63, 3.8) is 0 Å². The molecule has 0 aliphatic carbocycles. The minimum absolute atomic E-state index is 0.0307. The molecular formula is C22H23N2O7S+. The summed E-state index contributed by atoms with van der Waals surface area (Å²) in [6.07, 6.45) is 0. The maximum atomic E-state index is 13.1. The van der Waals surface area contributed by atoms with Gasteiger partial charge in [-0.2, -0.15) is 4.31 Å². The number of fused-ring (bicyclic) bond motifs is 2. The number of sulfonamides is 1. The molecule has 9 nitrogen and oxygen atoms in total. The Hall–Kier alpha value is -3.08. The summed E-state index contributed by atoms with van der Waals surface area (Å²) < 4.78 is 43.9. The van der Waals surface area contributed by atoms with Gasteiger partial charge in [0, 0.05) is 29.1 Å². The van der Waals surface area contributed by atoms with Crippen molar-refractivity contribution in [1.82, 2.24) is 4.31 Å². The van der Waals surface area contributed by atoms with E-state index < -0.39 is 15.6 Å². The number of phenolic OH excluding ortho intramolecular Hbond substituents is 1. The number of nitrogens with zero attached hydrogens (tertiary/aromatic N) is 1. The third-order valence-corrected chi connectivity index (χ3v) is 7.73. The fourth-order valence-corrected chi connectivity index (χ4v) is 5.64. The maximum absolute atomic E-state index is 13.1. The second kappa shape index (κ2) is 8.12. The number of piperazine rings is 1. The predicted octanol–water partition coefficient (Wildman–Crippen LogP) is 0.359. The molecular weight excluding hydrogens is 436 g/mol. The lowest BCUT2D eigenvalue weighted by Gasteiger charge is -2.32. The first-order valence-corrected chi connectivity index (χ1v) is 11.8. The van der Waals surface area contributed by atoms with Crippen LogP contribution in [-0.4, -0.2) is 57.2 Å². The lowest BCUT2D eigenvalue weighted by molar-refractivity contribution is -0.917. The second-order valence-corrected chi connectivity index (χ2v) is 9.85. The summed E-state index contributed by atoms with van der Waals surface area (Å²) in [4.78, 5) is 13.3. The molecule has 1 aromatic heterocycles. The number of hydrogen-bond donors (Lipinski definition) is 2. The molecule has 10 heteroatoms. The molecule has 5 rings (SSSR count). The highest BCUT2D eigenvalue weighted by molar-refractivity contribution is 7.89. The van der Waals surface area contributed by atoms with E-state index in [1.54, 1.807) is 24.3 Å². The predicted molar refractivity (Wildman–Crippen MR) is 115 cm³/mol. The van der Waals surface area contributed by atoms with Crippen LogP contribution in [0.4, 0.5) is 0 Å². The van der Waals surface area contributed by atoms with Gasteiger partial charge in [-0.15, -0.1) is 0 Å². The minimum atomic E-state index is -3.65. The summed E-state index contributed by atoms with van der Waals surface area (Å²) in [6, 6.07) is 10.9. The van der Waals surface area contributed by atoms with Gasteiger partial charge in [0.2, 0.25) is 10.0 Å². The number of benzene rings is 2. The van der Waals surface area contributed by atoms with Crippen LogP contribution in [0.15, 0.2) is 56.6 Å². The lowest BCUT2D eigenvalue weighted by atomic mass is 10.1. The molecule has 0 amide bonds. The van der Waals surface area contributed by atoms with Crippen LogP contribution in [0.1, 0.15) is 5.56 Å². The van der Waals surface area contributed by atoms with Crippen molar-refractivity contribution in [3.05, 3.63) is 58.4 Å². The van der Waals surface area contributed by atoms with E-state index in [0.29, 0.717) is 63.0 Å². The fourth-order valence-electron chi connectivity index (χ4n) is 4.19. The monoisotopic (exact) mass is 459 g/mol. The highest BCUT2D eigenvalue weighted by Crippen LogP contribution is 2.33. The molecule has 2 N–H and O–H groups in total. The first-order valence-electron chi connectivity index (χ1n) is 10.4. The number of hydrogen-bond acceptors (Lipinski definition) is 7. The van der Waals surface area contributed by atoms with Gasteiger partial charge in [0.05, 0.1) is 31.1 Å². The molecule has 3 aromatic rings. The first kappa shape index (κ1) is 20.8. The quantitative estimate of drug-likeness (QED) is 0.542. The summed E-state index contributed by atoms with van der Waals surface area (Å²) in [5, 5.41) is 10.4. The van der Waals surface area contributed by atoms with Crippen molar-refractivity contribution in [1.29, 1.82) is 0 Å². The molecule has 0 unspecified atom stereocenters. The molecule has 0 radical (unpaired) electrons. The molecule has 0 bridgehead atoms. The molecule has 32 heavy (non-hydrogen) atoms. The van der Waals surface area contributed by atoms with E-state index in [1.807, 2.05) is 0 Å². The summed E-state index contributed by atoms with van der Waals surface area (Å²) in [5.41, 5.74) is 0.679. The summed E-state index contributed by atoms with van der Waals surface area (Å²) in [7, 11) is -3.65. The Kier molecular flexibility index (Phi) is 5.28. The van der Waals surface area contributed by atoms with Gasteiger partial charge in [-0.05, 0) is 24.3 Å². The van der Waals surface area contributed by atoms with Gasteiger partial charge in [0.1, 0.15) is 31.1 Å². The van der Waals surface area contributed by atoms with Crippen LogP contribution in [-0.2, 0) is 16.6 Å². The molecule has 0 spiro atoms. The molecule has 2 aromatic carbocycles. The Labute approximate surface area is 184 Å². The largest absolute Gasteiger partial charge is 0.508 e. The number of nitrogens with one attached hydrogen (secondary N) is 1. The van der Waals surface area contributed by atoms with Gasteiger partial charge in [-0.3, -0.25) is 0 Å². The van der Waals surface area contributed by atoms with Crippen molar-refractivity contribution < 1.29 is 32.3 Å². The fraction of sp³-hybridized carbons (Fsp3) is 0.318. The molecule has 0 saturated carbocycles. The molecule has 168 valence electrons. The standard InChI is InChI=1S/C22H22N2O7S/c25-16-1-3-18-15(11-22(26)31-20(18)12-16)14-23-5-7-24(8-6-23)32(27,28)17-2-4-19-21(13-17)30-10-9-29-19/h1-4,11-13,25H,5-10,14H2/p+1. The average Bonchev–Trinajstić information content (AvgIpc) is 2.78. The summed E-state index contributed by atoms with van der Waals surface area (Å²) in [6.45, 7) is 3.34. The van der Waals surface area contributed by atoms with Crippen LogP contribution in [0.5, 0.6) is 17.2 Å². The zero-order valence-electron chi connectivity index (χ0n) is 17.2. The topological polar surface area (TPSA) is 111 Å². The number of quaternary nitrogens is 1. The zero-order valence-corrected chi connectivity index (χ0v) is 18.1. The number of aromatic hydroxyl groups is 1. The second-order valence-electron chi connectivity index (χ2n) is 7.91. The van der Waals surface area contributed by atoms with Crippen LogP contribution in [0.3, 0.4) is 0 Å². The smallest absolute Gasteiger partial charge is 0.336 e. The van der Waals surface area contributed by atoms with E-state index in [4.69, 9.17) is 13.9 Å². The molecule has 0 atom stereocenters. The molecule has 2 aliphatic heterocycles. The molecule has 1 fully saturated rings. The number of rotatable bonds is 4. The third kappa shape index (κ3) is 3.92. The third-order valence-electron chi connectivity index (χ3n) is 5.84. The van der Waals surface area contributed by atoms with Gasteiger partial charge in [-0.25, -0.2) is 13.2 Å². The molecule has 3 heterocycles. The van der Waals surface area contributed by atoms with E-state index >= 15 is 0 Å². The summed E-state index contributed by atoms with van der Waals surface area (Å²) in [5.74, 6) is 1.03. The van der Waals surface area contributed by atoms with Gasteiger partial charge in [-0.1, -0.05) is 0 Å². The number of phenols is 1. The van der Waals surface area contributed by atoms with Crippen molar-refractivity contribution in [2.75, 3.05) is 39.4 Å². The van der Waals surface area contributed by atoms with E-state index in [1.165, 1.54) is 27.4 Å². The van der Waals surface area contributed by atoms with Gasteiger partial charge >= 0.3 is 5.63 Å². The van der Waals surface area contributed by atoms with Gasteiger partial charge in [0.25, 0.3) is 0 Å². The Bertz CT molecular complexity index is 1330. The minimum Gasteiger partial charge on any atom is -0.508 e. The van der Waals surface area contributed by atoms with Crippen molar-refractivity contribution in [3.8, 4) is 17.2 Å². The Morgan fingerprint density at radius 3 is 2.50 bits per heavy atom. The molecule has 1 saturated heterocycles. The van der Waals surface area contributed by atoms with Crippen molar-refractivity contribution in [2.24, 2.45) is 0 Å². The van der Waals surface area contributed by atoms with Crippen molar-refractivity contribution in [2.45, 2.75) is 11.4 Å². The van der Waals surface area contributed by atoms with Crippen LogP contribution < -0.4 is 20.0 Å². The zero-order chi connectivity index (χ0) is 22.3. The van der Waals surface area contributed by atoms with Crippen LogP contribution in [0, 0.1) is 0 Å². The first-order chi connectivity index (χ1) is 15.4. The van der Waals surface area contributed by atoms with Crippen LogP contribution >= 0.6 is 0 Å². The normalized spacial score (nSPS) is 17.5.